The summed E-state index contributed by atoms with van der Waals surface area (Å²) in [6.45, 7) is 6.52. The van der Waals surface area contributed by atoms with Crippen molar-refractivity contribution in [3.63, 3.8) is 0 Å². The lowest BCUT2D eigenvalue weighted by Gasteiger charge is -2.18. The van der Waals surface area contributed by atoms with E-state index in [-0.39, 0.29) is 31.1 Å². The summed E-state index contributed by atoms with van der Waals surface area (Å²) < 4.78 is 16.9. The molecule has 0 bridgehead atoms. The molecule has 0 heterocycles. The van der Waals surface area contributed by atoms with Gasteiger partial charge in [-0.25, -0.2) is 0 Å². The van der Waals surface area contributed by atoms with Crippen LogP contribution in [0, 0.1) is 0 Å². The Morgan fingerprint density at radius 3 is 0.940 bits per heavy atom. The molecule has 0 N–H and O–H groups in total. The summed E-state index contributed by atoms with van der Waals surface area (Å²) in [6, 6.07) is 0. The molecule has 388 valence electrons. The Morgan fingerprint density at radius 2 is 0.582 bits per heavy atom. The highest BCUT2D eigenvalue weighted by molar-refractivity contribution is 5.71. The van der Waals surface area contributed by atoms with E-state index in [1.54, 1.807) is 0 Å². The first-order valence-corrected chi connectivity index (χ1v) is 28.8. The van der Waals surface area contributed by atoms with Gasteiger partial charge in [0.25, 0.3) is 0 Å². The Kier molecular flexibility index (Phi) is 53.3. The average Bonchev–Trinajstić information content (AvgIpc) is 3.33. The minimum Gasteiger partial charge on any atom is -0.462 e. The van der Waals surface area contributed by atoms with Gasteiger partial charge in [-0.1, -0.05) is 229 Å². The molecule has 0 fully saturated rings. The quantitative estimate of drug-likeness (QED) is 0.0262. The highest BCUT2D eigenvalue weighted by Gasteiger charge is 2.19. The largest absolute Gasteiger partial charge is 0.462 e. The van der Waals surface area contributed by atoms with Gasteiger partial charge in [-0.3, -0.25) is 14.4 Å². The normalized spacial score (nSPS) is 12.5. The molecule has 0 saturated heterocycles. The van der Waals surface area contributed by atoms with Gasteiger partial charge in [-0.05, 0) is 103 Å². The molecule has 1 atom stereocenters. The van der Waals surface area contributed by atoms with Crippen molar-refractivity contribution in [1.82, 2.24) is 0 Å². The maximum absolute atomic E-state index is 12.9. The highest BCUT2D eigenvalue weighted by Crippen LogP contribution is 2.15. The van der Waals surface area contributed by atoms with Gasteiger partial charge >= 0.3 is 17.9 Å². The van der Waals surface area contributed by atoms with Crippen LogP contribution in [0.1, 0.15) is 290 Å². The zero-order chi connectivity index (χ0) is 48.6. The number of esters is 3. The van der Waals surface area contributed by atoms with Crippen molar-refractivity contribution in [2.45, 2.75) is 297 Å². The van der Waals surface area contributed by atoms with Gasteiger partial charge in [0.05, 0.1) is 0 Å². The molecule has 0 aromatic carbocycles. The van der Waals surface area contributed by atoms with Crippen molar-refractivity contribution in [2.24, 2.45) is 0 Å². The van der Waals surface area contributed by atoms with Crippen LogP contribution in [0.3, 0.4) is 0 Å². The van der Waals surface area contributed by atoms with Gasteiger partial charge < -0.3 is 14.2 Å². The monoisotopic (exact) mass is 937 g/mol. The number of ether oxygens (including phenoxy) is 3. The van der Waals surface area contributed by atoms with Crippen LogP contribution in [0.25, 0.3) is 0 Å². The molecule has 0 amide bonds. The van der Waals surface area contributed by atoms with E-state index in [2.05, 4.69) is 81.5 Å². The molecule has 0 rings (SSSR count). The van der Waals surface area contributed by atoms with Crippen LogP contribution in [0.5, 0.6) is 0 Å². The van der Waals surface area contributed by atoms with Crippen molar-refractivity contribution in [3.8, 4) is 0 Å². The van der Waals surface area contributed by atoms with E-state index in [1.165, 1.54) is 154 Å². The zero-order valence-corrected chi connectivity index (χ0v) is 44.4. The van der Waals surface area contributed by atoms with E-state index in [9.17, 15) is 14.4 Å². The second-order valence-corrected chi connectivity index (χ2v) is 19.2. The maximum atomic E-state index is 12.9. The Balaban J connectivity index is 4.38. The third kappa shape index (κ3) is 53.9. The van der Waals surface area contributed by atoms with Gasteiger partial charge in [0.15, 0.2) is 6.10 Å². The molecule has 67 heavy (non-hydrogen) atoms. The summed E-state index contributed by atoms with van der Waals surface area (Å²) in [5, 5.41) is 0. The van der Waals surface area contributed by atoms with Crippen LogP contribution in [-0.2, 0) is 28.6 Å². The van der Waals surface area contributed by atoms with Crippen molar-refractivity contribution in [3.05, 3.63) is 60.8 Å². The number of hydrogen-bond acceptors (Lipinski definition) is 6. The van der Waals surface area contributed by atoms with Crippen LogP contribution in [0.2, 0.25) is 0 Å². The lowest BCUT2D eigenvalue weighted by molar-refractivity contribution is -0.167. The number of rotatable bonds is 52. The lowest BCUT2D eigenvalue weighted by Crippen LogP contribution is -2.30. The van der Waals surface area contributed by atoms with Gasteiger partial charge in [-0.15, -0.1) is 0 Å². The SMILES string of the molecule is CC/C=C\C/C=C\C/C=C\CCCCCCCC(=O)OC[C@H](COC(=O)CCCCCCCCC/C=C\CCCCCC)OC(=O)CCCCCCCCCCC/C=C\CCCCCCCC. The molecule has 6 nitrogen and oxygen atoms in total. The minimum absolute atomic E-state index is 0.0818. The summed E-state index contributed by atoms with van der Waals surface area (Å²) in [7, 11) is 0. The van der Waals surface area contributed by atoms with E-state index in [0.29, 0.717) is 19.3 Å². The predicted octanol–water partition coefficient (Wildman–Crippen LogP) is 19.2. The lowest BCUT2D eigenvalue weighted by atomic mass is 10.1. The third-order valence-electron chi connectivity index (χ3n) is 12.5. The Morgan fingerprint density at radius 1 is 0.313 bits per heavy atom. The number of unbranched alkanes of at least 4 members (excludes halogenated alkanes) is 31. The van der Waals surface area contributed by atoms with E-state index in [1.807, 2.05) is 0 Å². The predicted molar refractivity (Wildman–Crippen MR) is 288 cm³/mol. The van der Waals surface area contributed by atoms with Gasteiger partial charge in [-0.2, -0.15) is 0 Å². The molecule has 0 aliphatic carbocycles. The molecule has 0 aromatic heterocycles. The first-order chi connectivity index (χ1) is 33.0. The first-order valence-electron chi connectivity index (χ1n) is 28.8. The molecular weight excluding hydrogens is 829 g/mol. The summed E-state index contributed by atoms with van der Waals surface area (Å²) in [6.07, 6.45) is 69.2. The number of hydrogen-bond donors (Lipinski definition) is 0. The Labute approximate surface area is 415 Å². The fraction of sp³-hybridized carbons (Fsp3) is 0.787. The number of allylic oxidation sites excluding steroid dienone is 10. The highest BCUT2D eigenvalue weighted by atomic mass is 16.6. The summed E-state index contributed by atoms with van der Waals surface area (Å²) in [4.78, 5) is 38.1. The minimum atomic E-state index is -0.784. The molecular formula is C61H108O6. The van der Waals surface area contributed by atoms with Crippen molar-refractivity contribution in [1.29, 1.82) is 0 Å². The molecule has 0 aliphatic rings. The van der Waals surface area contributed by atoms with Gasteiger partial charge in [0.2, 0.25) is 0 Å². The van der Waals surface area contributed by atoms with Gasteiger partial charge in [0.1, 0.15) is 13.2 Å². The van der Waals surface area contributed by atoms with Crippen molar-refractivity contribution < 1.29 is 28.6 Å². The average molecular weight is 938 g/mol. The summed E-state index contributed by atoms with van der Waals surface area (Å²) in [5.74, 6) is -0.895. The van der Waals surface area contributed by atoms with Gasteiger partial charge in [0, 0.05) is 19.3 Å². The number of carbonyl (C=O) groups excluding carboxylic acids is 3. The van der Waals surface area contributed by atoms with E-state index in [4.69, 9.17) is 14.2 Å². The van der Waals surface area contributed by atoms with Crippen molar-refractivity contribution in [2.75, 3.05) is 13.2 Å². The standard InChI is InChI=1S/C61H108O6/c1-4-7-10-13-16-19-22-25-28-29-30-31-34-37-40-43-46-49-52-55-61(64)67-58(56-65-59(62)53-50-47-44-41-38-35-32-26-23-20-17-14-11-8-5-2)57-66-60(63)54-51-48-45-42-39-36-33-27-24-21-18-15-12-9-6-3/h8,11,17,20-21,24-26,28,32,58H,4-7,9-10,12-16,18-19,22-23,27,29-31,33-57H2,1-3H3/b11-8-,20-17-,24-21-,28-25-,32-26-/t58-/m1/s1. The second kappa shape index (κ2) is 55.7. The second-order valence-electron chi connectivity index (χ2n) is 19.2. The van der Waals surface area contributed by atoms with E-state index < -0.39 is 6.10 Å². The fourth-order valence-corrected chi connectivity index (χ4v) is 8.15. The first kappa shape index (κ1) is 64.1. The van der Waals surface area contributed by atoms with Crippen molar-refractivity contribution >= 4 is 17.9 Å². The molecule has 6 heteroatoms. The molecule has 0 aromatic rings. The topological polar surface area (TPSA) is 78.9 Å². The Bertz CT molecular complexity index is 1210. The smallest absolute Gasteiger partial charge is 0.306 e. The molecule has 0 aliphatic heterocycles. The molecule has 0 unspecified atom stereocenters. The molecule has 0 radical (unpaired) electrons. The van der Waals surface area contributed by atoms with Crippen LogP contribution in [0.15, 0.2) is 60.8 Å². The van der Waals surface area contributed by atoms with Crippen LogP contribution in [0.4, 0.5) is 0 Å². The van der Waals surface area contributed by atoms with Crippen LogP contribution < -0.4 is 0 Å². The zero-order valence-electron chi connectivity index (χ0n) is 44.4. The Hall–Kier alpha value is -2.89. The molecule has 0 spiro atoms. The summed E-state index contributed by atoms with van der Waals surface area (Å²) in [5.41, 5.74) is 0. The van der Waals surface area contributed by atoms with E-state index in [0.717, 1.165) is 96.3 Å². The fourth-order valence-electron chi connectivity index (χ4n) is 8.15. The number of carbonyl (C=O) groups is 3. The molecule has 0 saturated carbocycles. The van der Waals surface area contributed by atoms with Crippen LogP contribution >= 0.6 is 0 Å². The third-order valence-corrected chi connectivity index (χ3v) is 12.5. The van der Waals surface area contributed by atoms with E-state index >= 15 is 0 Å². The summed E-state index contributed by atoms with van der Waals surface area (Å²) >= 11 is 0. The van der Waals surface area contributed by atoms with Crippen LogP contribution in [-0.4, -0.2) is 37.2 Å². The maximum Gasteiger partial charge on any atom is 0.306 e.